The third-order valence-electron chi connectivity index (χ3n) is 3.91. The molecule has 1 aliphatic heterocycles. The van der Waals surface area contributed by atoms with Crippen molar-refractivity contribution < 1.29 is 14.6 Å². The molecular formula is C19H17ClN2O3. The molecule has 6 heteroatoms. The van der Waals surface area contributed by atoms with Crippen LogP contribution in [0.15, 0.2) is 47.1 Å². The van der Waals surface area contributed by atoms with Gasteiger partial charge in [-0.05, 0) is 49.2 Å². The number of carbonyl (C=O) groups excluding carboxylic acids is 1. The van der Waals surface area contributed by atoms with Gasteiger partial charge in [0, 0.05) is 6.07 Å². The molecule has 0 saturated heterocycles. The predicted molar refractivity (Wildman–Crippen MR) is 99.4 cm³/mol. The normalized spacial score (nSPS) is 15.7. The Balaban J connectivity index is 2.01. The van der Waals surface area contributed by atoms with Gasteiger partial charge in [-0.1, -0.05) is 23.7 Å². The van der Waals surface area contributed by atoms with Crippen LogP contribution >= 0.6 is 11.6 Å². The Morgan fingerprint density at radius 1 is 1.24 bits per heavy atom. The molecule has 1 N–H and O–H groups in total. The van der Waals surface area contributed by atoms with E-state index in [0.29, 0.717) is 27.6 Å². The smallest absolute Gasteiger partial charge is 0.280 e. The van der Waals surface area contributed by atoms with Gasteiger partial charge in [0.1, 0.15) is 0 Å². The quantitative estimate of drug-likeness (QED) is 0.839. The first-order valence-electron chi connectivity index (χ1n) is 7.65. The second kappa shape index (κ2) is 6.61. The van der Waals surface area contributed by atoms with Gasteiger partial charge in [0.25, 0.3) is 5.91 Å². The fraction of sp³-hybridized carbons (Fsp3) is 0.158. The summed E-state index contributed by atoms with van der Waals surface area (Å²) in [5.74, 6) is -0.00258. The summed E-state index contributed by atoms with van der Waals surface area (Å²) in [7, 11) is 1.45. The van der Waals surface area contributed by atoms with Crippen molar-refractivity contribution in [2.24, 2.45) is 5.10 Å². The average molecular weight is 357 g/mol. The third-order valence-corrected chi connectivity index (χ3v) is 4.23. The van der Waals surface area contributed by atoms with Crippen LogP contribution < -0.4 is 9.75 Å². The molecule has 0 aromatic heterocycles. The van der Waals surface area contributed by atoms with E-state index in [2.05, 4.69) is 5.10 Å². The zero-order chi connectivity index (χ0) is 18.1. The summed E-state index contributed by atoms with van der Waals surface area (Å²) in [6.07, 6.45) is 1.65. The summed E-state index contributed by atoms with van der Waals surface area (Å²) < 4.78 is 5.10. The number of phenols is 1. The largest absolute Gasteiger partial charge is 0.504 e. The molecule has 128 valence electrons. The van der Waals surface area contributed by atoms with Crippen molar-refractivity contribution in [3.63, 3.8) is 0 Å². The molecule has 0 fully saturated rings. The molecule has 0 unspecified atom stereocenters. The number of amides is 1. The van der Waals surface area contributed by atoms with Gasteiger partial charge < -0.3 is 9.84 Å². The van der Waals surface area contributed by atoms with Gasteiger partial charge in [-0.3, -0.25) is 4.79 Å². The van der Waals surface area contributed by atoms with E-state index >= 15 is 0 Å². The summed E-state index contributed by atoms with van der Waals surface area (Å²) in [5, 5.41) is 15.8. The molecule has 1 amide bonds. The molecule has 2 aromatic carbocycles. The Labute approximate surface area is 150 Å². The van der Waals surface area contributed by atoms with Crippen molar-refractivity contribution in [2.75, 3.05) is 12.1 Å². The molecule has 1 aliphatic rings. The van der Waals surface area contributed by atoms with Gasteiger partial charge in [-0.25, -0.2) is 0 Å². The molecular weight excluding hydrogens is 340 g/mol. The van der Waals surface area contributed by atoms with Gasteiger partial charge in [-0.2, -0.15) is 10.1 Å². The topological polar surface area (TPSA) is 62.1 Å². The monoisotopic (exact) mass is 356 g/mol. The zero-order valence-electron chi connectivity index (χ0n) is 14.1. The van der Waals surface area contributed by atoms with Gasteiger partial charge in [0.15, 0.2) is 11.5 Å². The van der Waals surface area contributed by atoms with Crippen LogP contribution in [0.3, 0.4) is 0 Å². The third kappa shape index (κ3) is 3.23. The van der Waals surface area contributed by atoms with Crippen LogP contribution in [0.25, 0.3) is 6.08 Å². The molecule has 0 aliphatic carbocycles. The molecule has 1 heterocycles. The summed E-state index contributed by atoms with van der Waals surface area (Å²) in [6.45, 7) is 3.73. The first-order valence-corrected chi connectivity index (χ1v) is 8.03. The zero-order valence-corrected chi connectivity index (χ0v) is 14.8. The summed E-state index contributed by atoms with van der Waals surface area (Å²) in [5.41, 5.74) is 3.36. The molecule has 0 atom stereocenters. The highest BCUT2D eigenvalue weighted by Gasteiger charge is 2.29. The number of ether oxygens (including phenoxy) is 1. The number of aromatic hydroxyl groups is 1. The highest BCUT2D eigenvalue weighted by atomic mass is 35.5. The molecule has 3 rings (SSSR count). The Bertz CT molecular complexity index is 919. The van der Waals surface area contributed by atoms with Crippen molar-refractivity contribution in [3.8, 4) is 11.5 Å². The highest BCUT2D eigenvalue weighted by Crippen LogP contribution is 2.34. The number of phenolic OH excluding ortho intramolecular Hbond substituents is 1. The van der Waals surface area contributed by atoms with Crippen LogP contribution in [0.5, 0.6) is 11.5 Å². The van der Waals surface area contributed by atoms with E-state index in [1.807, 2.05) is 31.2 Å². The second-order valence-electron chi connectivity index (χ2n) is 5.74. The predicted octanol–water partition coefficient (Wildman–Crippen LogP) is 4.17. The fourth-order valence-electron chi connectivity index (χ4n) is 2.61. The number of rotatable bonds is 3. The number of nitrogens with zero attached hydrogens (tertiary/aromatic N) is 2. The maximum absolute atomic E-state index is 12.8. The number of carbonyl (C=O) groups is 1. The summed E-state index contributed by atoms with van der Waals surface area (Å²) in [4.78, 5) is 12.8. The van der Waals surface area contributed by atoms with E-state index < -0.39 is 0 Å². The van der Waals surface area contributed by atoms with Crippen molar-refractivity contribution in [2.45, 2.75) is 13.8 Å². The number of halogens is 1. The first kappa shape index (κ1) is 17.0. The van der Waals surface area contributed by atoms with Crippen LogP contribution in [0.4, 0.5) is 5.69 Å². The number of hydrogen-bond donors (Lipinski definition) is 1. The Morgan fingerprint density at radius 2 is 2.00 bits per heavy atom. The van der Waals surface area contributed by atoms with Crippen LogP contribution in [-0.4, -0.2) is 23.8 Å². The number of benzene rings is 2. The average Bonchev–Trinajstić information content (AvgIpc) is 2.85. The van der Waals surface area contributed by atoms with E-state index in [4.69, 9.17) is 16.3 Å². The van der Waals surface area contributed by atoms with Crippen molar-refractivity contribution >= 4 is 35.0 Å². The second-order valence-corrected chi connectivity index (χ2v) is 6.15. The van der Waals surface area contributed by atoms with Crippen molar-refractivity contribution in [1.82, 2.24) is 0 Å². The molecule has 0 radical (unpaired) electrons. The minimum Gasteiger partial charge on any atom is -0.504 e. The molecule has 25 heavy (non-hydrogen) atoms. The number of aryl methyl sites for hydroxylation is 1. The fourth-order valence-corrected chi connectivity index (χ4v) is 2.82. The molecule has 0 spiro atoms. The van der Waals surface area contributed by atoms with Crippen LogP contribution in [-0.2, 0) is 4.79 Å². The maximum atomic E-state index is 12.8. The lowest BCUT2D eigenvalue weighted by Crippen LogP contribution is -2.21. The minimum absolute atomic E-state index is 0.0563. The van der Waals surface area contributed by atoms with E-state index in [-0.39, 0.29) is 17.4 Å². The Kier molecular flexibility index (Phi) is 4.51. The summed E-state index contributed by atoms with van der Waals surface area (Å²) in [6, 6.07) is 10.5. The van der Waals surface area contributed by atoms with Crippen LogP contribution in [0.2, 0.25) is 5.02 Å². The van der Waals surface area contributed by atoms with Crippen LogP contribution in [0, 0.1) is 6.92 Å². The SMILES string of the molecule is COc1cc(/C=C2/C(=O)N(c3cccc(C)c3)N=C2C)c(Cl)cc1O. The molecule has 0 bridgehead atoms. The minimum atomic E-state index is -0.230. The molecule has 0 saturated carbocycles. The van der Waals surface area contributed by atoms with Gasteiger partial charge in [-0.15, -0.1) is 0 Å². The van der Waals surface area contributed by atoms with E-state index in [1.54, 1.807) is 19.1 Å². The summed E-state index contributed by atoms with van der Waals surface area (Å²) >= 11 is 6.18. The number of anilines is 1. The number of hydrogen-bond acceptors (Lipinski definition) is 4. The Hall–Kier alpha value is -2.79. The number of hydrazone groups is 1. The van der Waals surface area contributed by atoms with E-state index in [1.165, 1.54) is 18.2 Å². The Morgan fingerprint density at radius 3 is 2.68 bits per heavy atom. The van der Waals surface area contributed by atoms with Gasteiger partial charge >= 0.3 is 0 Å². The van der Waals surface area contributed by atoms with Gasteiger partial charge in [0.2, 0.25) is 0 Å². The number of methoxy groups -OCH3 is 1. The van der Waals surface area contributed by atoms with E-state index in [9.17, 15) is 9.90 Å². The van der Waals surface area contributed by atoms with Gasteiger partial charge in [0.05, 0.1) is 29.1 Å². The lowest BCUT2D eigenvalue weighted by Gasteiger charge is -2.12. The lowest BCUT2D eigenvalue weighted by atomic mass is 10.1. The van der Waals surface area contributed by atoms with Crippen LogP contribution in [0.1, 0.15) is 18.1 Å². The van der Waals surface area contributed by atoms with Crippen molar-refractivity contribution in [1.29, 1.82) is 0 Å². The van der Waals surface area contributed by atoms with Crippen molar-refractivity contribution in [3.05, 3.63) is 58.1 Å². The lowest BCUT2D eigenvalue weighted by molar-refractivity contribution is -0.114. The van der Waals surface area contributed by atoms with E-state index in [0.717, 1.165) is 5.56 Å². The highest BCUT2D eigenvalue weighted by molar-refractivity contribution is 6.35. The molecule has 2 aromatic rings. The molecule has 5 nitrogen and oxygen atoms in total. The first-order chi connectivity index (χ1) is 11.9. The maximum Gasteiger partial charge on any atom is 0.280 e. The standard InChI is InChI=1S/C19H17ClN2O3/c1-11-5-4-6-14(7-11)22-19(24)15(12(2)21-22)8-13-9-18(25-3)17(23)10-16(13)20/h4-10,23H,1-3H3/b15-8+.